The topological polar surface area (TPSA) is 128 Å². The van der Waals surface area contributed by atoms with Crippen molar-refractivity contribution in [2.75, 3.05) is 17.9 Å². The molecule has 0 radical (unpaired) electrons. The standard InChI is InChI=1S/C19H21N3O6S/c1-13-4-9-16(22(24)25)11-18(13)29(26,27)21-15-7-5-14(6-8-15)19(23)20-12-17-3-2-10-28-17/h4-9,11,17,21H,2-3,10,12H2,1H3,(H,20,23)/t17-/m0/s1. The number of rotatable bonds is 7. The molecule has 1 aliphatic heterocycles. The number of anilines is 1. The quantitative estimate of drug-likeness (QED) is 0.524. The van der Waals surface area contributed by atoms with Crippen LogP contribution in [0.1, 0.15) is 28.8 Å². The molecular formula is C19H21N3O6S. The Labute approximate surface area is 168 Å². The van der Waals surface area contributed by atoms with Gasteiger partial charge in [-0.3, -0.25) is 19.6 Å². The van der Waals surface area contributed by atoms with Crippen LogP contribution < -0.4 is 10.0 Å². The first-order valence-electron chi connectivity index (χ1n) is 9.04. The lowest BCUT2D eigenvalue weighted by atomic mass is 10.2. The van der Waals surface area contributed by atoms with Crippen LogP contribution in [-0.2, 0) is 14.8 Å². The van der Waals surface area contributed by atoms with E-state index in [0.29, 0.717) is 24.3 Å². The maximum atomic E-state index is 12.6. The van der Waals surface area contributed by atoms with E-state index in [1.807, 2.05) is 0 Å². The molecule has 1 fully saturated rings. The molecule has 1 atom stereocenters. The monoisotopic (exact) mass is 419 g/mol. The van der Waals surface area contributed by atoms with Crippen LogP contribution in [0.3, 0.4) is 0 Å². The Balaban J connectivity index is 1.69. The van der Waals surface area contributed by atoms with E-state index in [1.54, 1.807) is 6.92 Å². The first-order valence-corrected chi connectivity index (χ1v) is 10.5. The highest BCUT2D eigenvalue weighted by molar-refractivity contribution is 7.92. The van der Waals surface area contributed by atoms with Crippen molar-refractivity contribution in [1.29, 1.82) is 0 Å². The number of non-ortho nitro benzene ring substituents is 1. The second kappa shape index (κ2) is 8.58. The molecule has 2 aromatic rings. The largest absolute Gasteiger partial charge is 0.376 e. The average molecular weight is 419 g/mol. The molecular weight excluding hydrogens is 398 g/mol. The van der Waals surface area contributed by atoms with Gasteiger partial charge < -0.3 is 10.1 Å². The lowest BCUT2D eigenvalue weighted by molar-refractivity contribution is -0.385. The third kappa shape index (κ3) is 5.09. The molecule has 2 aromatic carbocycles. The summed E-state index contributed by atoms with van der Waals surface area (Å²) in [5.41, 5.74) is 0.700. The number of carbonyl (C=O) groups is 1. The van der Waals surface area contributed by atoms with Crippen molar-refractivity contribution in [3.63, 3.8) is 0 Å². The molecule has 2 N–H and O–H groups in total. The summed E-state index contributed by atoms with van der Waals surface area (Å²) in [6.45, 7) is 2.69. The van der Waals surface area contributed by atoms with E-state index in [0.717, 1.165) is 18.9 Å². The van der Waals surface area contributed by atoms with Crippen molar-refractivity contribution in [3.05, 3.63) is 63.7 Å². The molecule has 0 aliphatic carbocycles. The van der Waals surface area contributed by atoms with Gasteiger partial charge in [0, 0.05) is 36.5 Å². The van der Waals surface area contributed by atoms with E-state index in [4.69, 9.17) is 4.74 Å². The number of benzene rings is 2. The fourth-order valence-electron chi connectivity index (χ4n) is 3.01. The molecule has 1 heterocycles. The zero-order valence-electron chi connectivity index (χ0n) is 15.8. The number of hydrogen-bond donors (Lipinski definition) is 2. The summed E-state index contributed by atoms with van der Waals surface area (Å²) >= 11 is 0. The molecule has 9 nitrogen and oxygen atoms in total. The van der Waals surface area contributed by atoms with Gasteiger partial charge in [0.1, 0.15) is 0 Å². The van der Waals surface area contributed by atoms with Gasteiger partial charge in [-0.25, -0.2) is 8.42 Å². The first-order chi connectivity index (χ1) is 13.8. The highest BCUT2D eigenvalue weighted by Gasteiger charge is 2.21. The van der Waals surface area contributed by atoms with E-state index in [2.05, 4.69) is 10.0 Å². The van der Waals surface area contributed by atoms with E-state index >= 15 is 0 Å². The lowest BCUT2D eigenvalue weighted by Gasteiger charge is -2.12. The number of amides is 1. The second-order valence-electron chi connectivity index (χ2n) is 6.73. The van der Waals surface area contributed by atoms with Crippen LogP contribution in [0, 0.1) is 17.0 Å². The molecule has 0 saturated carbocycles. The predicted molar refractivity (Wildman–Crippen MR) is 106 cm³/mol. The maximum Gasteiger partial charge on any atom is 0.270 e. The zero-order valence-corrected chi connectivity index (χ0v) is 16.6. The van der Waals surface area contributed by atoms with Gasteiger partial charge in [-0.1, -0.05) is 6.07 Å². The summed E-state index contributed by atoms with van der Waals surface area (Å²) < 4.78 is 33.1. The number of nitro groups is 1. The van der Waals surface area contributed by atoms with E-state index in [-0.39, 0.29) is 28.3 Å². The van der Waals surface area contributed by atoms with Gasteiger partial charge in [-0.15, -0.1) is 0 Å². The van der Waals surface area contributed by atoms with Crippen molar-refractivity contribution in [1.82, 2.24) is 5.32 Å². The fraction of sp³-hybridized carbons (Fsp3) is 0.316. The second-order valence-corrected chi connectivity index (χ2v) is 8.39. The Morgan fingerprint density at radius 1 is 1.24 bits per heavy atom. The Hall–Kier alpha value is -2.98. The van der Waals surface area contributed by atoms with E-state index in [9.17, 15) is 23.3 Å². The Kier molecular flexibility index (Phi) is 6.14. The minimum absolute atomic E-state index is 0.0307. The van der Waals surface area contributed by atoms with Crippen LogP contribution in [0.25, 0.3) is 0 Å². The minimum atomic E-state index is -4.03. The van der Waals surface area contributed by atoms with Crippen molar-refractivity contribution >= 4 is 27.3 Å². The number of ether oxygens (including phenoxy) is 1. The van der Waals surface area contributed by atoms with Gasteiger partial charge >= 0.3 is 0 Å². The summed E-state index contributed by atoms with van der Waals surface area (Å²) in [7, 11) is -4.03. The number of sulfonamides is 1. The Bertz CT molecular complexity index is 1010. The number of nitro benzene ring substituents is 1. The van der Waals surface area contributed by atoms with Gasteiger partial charge in [0.2, 0.25) is 0 Å². The van der Waals surface area contributed by atoms with Crippen molar-refractivity contribution in [2.24, 2.45) is 0 Å². The van der Waals surface area contributed by atoms with Crippen LogP contribution in [0.2, 0.25) is 0 Å². The average Bonchev–Trinajstić information content (AvgIpc) is 3.20. The smallest absolute Gasteiger partial charge is 0.270 e. The summed E-state index contributed by atoms with van der Waals surface area (Å²) in [6, 6.07) is 9.58. The van der Waals surface area contributed by atoms with Crippen LogP contribution in [-0.4, -0.2) is 38.5 Å². The van der Waals surface area contributed by atoms with Crippen molar-refractivity contribution < 1.29 is 22.9 Å². The molecule has 0 bridgehead atoms. The number of hydrogen-bond acceptors (Lipinski definition) is 6. The van der Waals surface area contributed by atoms with Gasteiger partial charge in [0.05, 0.1) is 15.9 Å². The van der Waals surface area contributed by atoms with Crippen LogP contribution >= 0.6 is 0 Å². The summed E-state index contributed by atoms with van der Waals surface area (Å²) in [5.74, 6) is -0.274. The number of aryl methyl sites for hydroxylation is 1. The number of nitrogens with one attached hydrogen (secondary N) is 2. The summed E-state index contributed by atoms with van der Waals surface area (Å²) in [6.07, 6.45) is 1.93. The Morgan fingerprint density at radius 3 is 2.59 bits per heavy atom. The lowest BCUT2D eigenvalue weighted by Crippen LogP contribution is -2.31. The molecule has 10 heteroatoms. The molecule has 0 spiro atoms. The summed E-state index contributed by atoms with van der Waals surface area (Å²) in [4.78, 5) is 22.3. The molecule has 1 saturated heterocycles. The molecule has 0 aromatic heterocycles. The highest BCUT2D eigenvalue weighted by Crippen LogP contribution is 2.24. The van der Waals surface area contributed by atoms with Crippen molar-refractivity contribution in [3.8, 4) is 0 Å². The molecule has 1 aliphatic rings. The zero-order chi connectivity index (χ0) is 21.0. The van der Waals surface area contributed by atoms with Gasteiger partial charge in [-0.05, 0) is 49.6 Å². The predicted octanol–water partition coefficient (Wildman–Crippen LogP) is 2.61. The van der Waals surface area contributed by atoms with Crippen LogP contribution in [0.15, 0.2) is 47.4 Å². The van der Waals surface area contributed by atoms with E-state index < -0.39 is 14.9 Å². The van der Waals surface area contributed by atoms with Crippen LogP contribution in [0.5, 0.6) is 0 Å². The number of nitrogens with zero attached hydrogens (tertiary/aromatic N) is 1. The van der Waals surface area contributed by atoms with Gasteiger partial charge in [0.15, 0.2) is 0 Å². The SMILES string of the molecule is Cc1ccc([N+](=O)[O-])cc1S(=O)(=O)Nc1ccc(C(=O)NC[C@@H]2CCCO2)cc1. The highest BCUT2D eigenvalue weighted by atomic mass is 32.2. The normalized spacial score (nSPS) is 16.4. The van der Waals surface area contributed by atoms with Gasteiger partial charge in [-0.2, -0.15) is 0 Å². The third-order valence-corrected chi connectivity index (χ3v) is 6.11. The van der Waals surface area contributed by atoms with Crippen molar-refractivity contribution in [2.45, 2.75) is 30.8 Å². The maximum absolute atomic E-state index is 12.6. The van der Waals surface area contributed by atoms with Crippen LogP contribution in [0.4, 0.5) is 11.4 Å². The molecule has 29 heavy (non-hydrogen) atoms. The minimum Gasteiger partial charge on any atom is -0.376 e. The Morgan fingerprint density at radius 2 is 1.97 bits per heavy atom. The molecule has 154 valence electrons. The van der Waals surface area contributed by atoms with E-state index in [1.165, 1.54) is 36.4 Å². The number of carbonyl (C=O) groups excluding carboxylic acids is 1. The van der Waals surface area contributed by atoms with Gasteiger partial charge in [0.25, 0.3) is 21.6 Å². The summed E-state index contributed by atoms with van der Waals surface area (Å²) in [5, 5.41) is 13.7. The molecule has 1 amide bonds. The third-order valence-electron chi connectivity index (χ3n) is 4.59. The molecule has 0 unspecified atom stereocenters. The fourth-order valence-corrected chi connectivity index (χ4v) is 4.33. The first kappa shape index (κ1) is 20.7. The molecule has 3 rings (SSSR count).